The molecular weight excluding hydrogens is 156 g/mol. The van der Waals surface area contributed by atoms with E-state index in [0.29, 0.717) is 5.56 Å². The first-order valence-electron chi connectivity index (χ1n) is 3.71. The molecule has 4 heteroatoms. The van der Waals surface area contributed by atoms with E-state index in [1.807, 2.05) is 0 Å². The van der Waals surface area contributed by atoms with Crippen LogP contribution in [0.4, 0.5) is 0 Å². The molecule has 1 heterocycles. The second-order valence-corrected chi connectivity index (χ2v) is 2.75. The van der Waals surface area contributed by atoms with Crippen LogP contribution < -0.4 is 11.3 Å². The van der Waals surface area contributed by atoms with Gasteiger partial charge in [0.2, 0.25) is 5.56 Å². The normalized spacial score (nSPS) is 12.9. The van der Waals surface area contributed by atoms with Crippen molar-refractivity contribution in [3.8, 4) is 0 Å². The van der Waals surface area contributed by atoms with Crippen LogP contribution in [0.15, 0.2) is 16.9 Å². The van der Waals surface area contributed by atoms with Crippen molar-refractivity contribution < 1.29 is 5.11 Å². The standard InChI is InChI=1S/C8H12N2O2/c1-5-2-6(7(9)4-11)3-8(12)10-5/h2-3,7,11H,4,9H2,1H3,(H,10,12). The molecule has 0 amide bonds. The topological polar surface area (TPSA) is 79.1 Å². The van der Waals surface area contributed by atoms with Crippen LogP contribution in [0, 0.1) is 6.92 Å². The third-order valence-electron chi connectivity index (χ3n) is 1.63. The average molecular weight is 168 g/mol. The van der Waals surface area contributed by atoms with Gasteiger partial charge in [-0.1, -0.05) is 0 Å². The number of aliphatic hydroxyl groups excluding tert-OH is 1. The lowest BCUT2D eigenvalue weighted by Gasteiger charge is -2.07. The number of H-pyrrole nitrogens is 1. The second kappa shape index (κ2) is 3.51. The number of aliphatic hydroxyl groups is 1. The Morgan fingerprint density at radius 3 is 2.83 bits per heavy atom. The van der Waals surface area contributed by atoms with Crippen molar-refractivity contribution in [1.82, 2.24) is 4.98 Å². The Bertz CT molecular complexity index is 319. The summed E-state index contributed by atoms with van der Waals surface area (Å²) in [6.07, 6.45) is 0. The molecule has 1 unspecified atom stereocenters. The molecule has 0 aromatic carbocycles. The van der Waals surface area contributed by atoms with Gasteiger partial charge in [0.1, 0.15) is 0 Å². The molecule has 1 atom stereocenters. The predicted octanol–water partition coefficient (Wildman–Crippen LogP) is -0.325. The van der Waals surface area contributed by atoms with Crippen LogP contribution in [0.1, 0.15) is 17.3 Å². The van der Waals surface area contributed by atoms with Gasteiger partial charge in [0.15, 0.2) is 0 Å². The Hall–Kier alpha value is -1.13. The first-order valence-corrected chi connectivity index (χ1v) is 3.71. The largest absolute Gasteiger partial charge is 0.394 e. The summed E-state index contributed by atoms with van der Waals surface area (Å²) in [4.78, 5) is 13.5. The molecule has 0 aliphatic carbocycles. The first-order chi connectivity index (χ1) is 5.63. The van der Waals surface area contributed by atoms with E-state index < -0.39 is 6.04 Å². The summed E-state index contributed by atoms with van der Waals surface area (Å²) in [6.45, 7) is 1.62. The van der Waals surface area contributed by atoms with Gasteiger partial charge in [0.25, 0.3) is 0 Å². The van der Waals surface area contributed by atoms with Crippen molar-refractivity contribution in [3.63, 3.8) is 0 Å². The molecule has 0 bridgehead atoms. The monoisotopic (exact) mass is 168 g/mol. The van der Waals surface area contributed by atoms with Crippen LogP contribution in [0.25, 0.3) is 0 Å². The molecule has 4 N–H and O–H groups in total. The number of nitrogens with one attached hydrogen (secondary N) is 1. The Labute approximate surface area is 70.0 Å². The summed E-state index contributed by atoms with van der Waals surface area (Å²) in [6, 6.07) is 2.68. The van der Waals surface area contributed by atoms with Gasteiger partial charge in [-0.25, -0.2) is 0 Å². The highest BCUT2D eigenvalue weighted by molar-refractivity contribution is 5.19. The minimum atomic E-state index is -0.467. The summed E-state index contributed by atoms with van der Waals surface area (Å²) in [5, 5.41) is 8.73. The van der Waals surface area contributed by atoms with Gasteiger partial charge in [-0.3, -0.25) is 4.79 Å². The number of rotatable bonds is 2. The van der Waals surface area contributed by atoms with Crippen LogP contribution in [-0.4, -0.2) is 16.7 Å². The number of hydrogen-bond acceptors (Lipinski definition) is 3. The maximum absolute atomic E-state index is 10.9. The number of aryl methyl sites for hydroxylation is 1. The van der Waals surface area contributed by atoms with E-state index in [9.17, 15) is 4.79 Å². The van der Waals surface area contributed by atoms with Gasteiger partial charge in [0, 0.05) is 11.8 Å². The average Bonchev–Trinajstić information content (AvgIpc) is 2.01. The lowest BCUT2D eigenvalue weighted by atomic mass is 10.1. The SMILES string of the molecule is Cc1cc(C(N)CO)cc(=O)[nH]1. The van der Waals surface area contributed by atoms with E-state index in [1.165, 1.54) is 6.07 Å². The molecule has 0 saturated carbocycles. The lowest BCUT2D eigenvalue weighted by molar-refractivity contribution is 0.268. The van der Waals surface area contributed by atoms with Gasteiger partial charge in [-0.2, -0.15) is 0 Å². The fourth-order valence-corrected chi connectivity index (χ4v) is 1.03. The minimum Gasteiger partial charge on any atom is -0.394 e. The molecule has 4 nitrogen and oxygen atoms in total. The Balaban J connectivity index is 3.08. The van der Waals surface area contributed by atoms with Crippen molar-refractivity contribution in [2.24, 2.45) is 5.73 Å². The van der Waals surface area contributed by atoms with E-state index in [-0.39, 0.29) is 12.2 Å². The molecular formula is C8H12N2O2. The molecule has 0 aliphatic rings. The number of aromatic amines is 1. The van der Waals surface area contributed by atoms with Crippen LogP contribution in [0.5, 0.6) is 0 Å². The molecule has 0 fully saturated rings. The molecule has 66 valence electrons. The summed E-state index contributed by atoms with van der Waals surface area (Å²) in [5.41, 5.74) is 6.76. The maximum Gasteiger partial charge on any atom is 0.248 e. The summed E-state index contributed by atoms with van der Waals surface area (Å²) >= 11 is 0. The van der Waals surface area contributed by atoms with Crippen molar-refractivity contribution in [1.29, 1.82) is 0 Å². The highest BCUT2D eigenvalue weighted by atomic mass is 16.3. The third-order valence-corrected chi connectivity index (χ3v) is 1.63. The first kappa shape index (κ1) is 8.96. The van der Waals surface area contributed by atoms with E-state index >= 15 is 0 Å². The summed E-state index contributed by atoms with van der Waals surface area (Å²) in [7, 11) is 0. The molecule has 0 radical (unpaired) electrons. The molecule has 12 heavy (non-hydrogen) atoms. The fraction of sp³-hybridized carbons (Fsp3) is 0.375. The van der Waals surface area contributed by atoms with Crippen molar-refractivity contribution in [2.75, 3.05) is 6.61 Å². The lowest BCUT2D eigenvalue weighted by Crippen LogP contribution is -2.18. The number of nitrogens with two attached hydrogens (primary N) is 1. The van der Waals surface area contributed by atoms with Gasteiger partial charge in [0.05, 0.1) is 12.6 Å². The van der Waals surface area contributed by atoms with Gasteiger partial charge in [-0.05, 0) is 18.6 Å². The highest BCUT2D eigenvalue weighted by Gasteiger charge is 2.04. The number of hydrogen-bond donors (Lipinski definition) is 3. The Morgan fingerprint density at radius 2 is 2.33 bits per heavy atom. The molecule has 1 rings (SSSR count). The van der Waals surface area contributed by atoms with Crippen LogP contribution >= 0.6 is 0 Å². The highest BCUT2D eigenvalue weighted by Crippen LogP contribution is 2.06. The van der Waals surface area contributed by atoms with Gasteiger partial charge >= 0.3 is 0 Å². The van der Waals surface area contributed by atoms with Crippen LogP contribution in [-0.2, 0) is 0 Å². The fourth-order valence-electron chi connectivity index (χ4n) is 1.03. The number of pyridine rings is 1. The predicted molar refractivity (Wildman–Crippen MR) is 45.8 cm³/mol. The van der Waals surface area contributed by atoms with E-state index in [2.05, 4.69) is 4.98 Å². The third kappa shape index (κ3) is 1.93. The van der Waals surface area contributed by atoms with Crippen molar-refractivity contribution >= 4 is 0 Å². The maximum atomic E-state index is 10.9. The summed E-state index contributed by atoms with van der Waals surface area (Å²) in [5.74, 6) is 0. The van der Waals surface area contributed by atoms with Crippen molar-refractivity contribution in [3.05, 3.63) is 33.7 Å². The smallest absolute Gasteiger partial charge is 0.248 e. The van der Waals surface area contributed by atoms with Gasteiger partial charge in [-0.15, -0.1) is 0 Å². The zero-order chi connectivity index (χ0) is 9.14. The Kier molecular flexibility index (Phi) is 2.62. The Morgan fingerprint density at radius 1 is 1.67 bits per heavy atom. The van der Waals surface area contributed by atoms with Crippen LogP contribution in [0.3, 0.4) is 0 Å². The van der Waals surface area contributed by atoms with Crippen molar-refractivity contribution in [2.45, 2.75) is 13.0 Å². The minimum absolute atomic E-state index is 0.150. The van der Waals surface area contributed by atoms with E-state index in [4.69, 9.17) is 10.8 Å². The molecule has 1 aromatic heterocycles. The molecule has 0 aliphatic heterocycles. The quantitative estimate of drug-likeness (QED) is 0.566. The van der Waals surface area contributed by atoms with E-state index in [1.54, 1.807) is 13.0 Å². The zero-order valence-electron chi connectivity index (χ0n) is 6.87. The second-order valence-electron chi connectivity index (χ2n) is 2.75. The van der Waals surface area contributed by atoms with Crippen LogP contribution in [0.2, 0.25) is 0 Å². The van der Waals surface area contributed by atoms with Gasteiger partial charge < -0.3 is 15.8 Å². The zero-order valence-corrected chi connectivity index (χ0v) is 6.87. The molecule has 0 spiro atoms. The molecule has 1 aromatic rings. The molecule has 0 saturated heterocycles. The summed E-state index contributed by atoms with van der Waals surface area (Å²) < 4.78 is 0. The number of aromatic nitrogens is 1. The van der Waals surface area contributed by atoms with E-state index in [0.717, 1.165) is 5.69 Å².